The van der Waals surface area contributed by atoms with E-state index in [0.29, 0.717) is 6.04 Å². The van der Waals surface area contributed by atoms with Gasteiger partial charge in [0.15, 0.2) is 0 Å². The lowest BCUT2D eigenvalue weighted by atomic mass is 10.1. The molecule has 1 aromatic rings. The standard InChI is InChI=1S/C11H17ClN2S.ClH/c12-11-4-3-10(15-11)5-7-14-9-2-1-6-13-8-9;/h3-4,9,13-14H,1-2,5-8H2;1H. The van der Waals surface area contributed by atoms with E-state index < -0.39 is 0 Å². The molecule has 1 saturated heterocycles. The monoisotopic (exact) mass is 280 g/mol. The van der Waals surface area contributed by atoms with Crippen LogP contribution in [0, 0.1) is 0 Å². The molecule has 1 aromatic heterocycles. The lowest BCUT2D eigenvalue weighted by Gasteiger charge is -2.23. The first-order valence-corrected chi connectivity index (χ1v) is 6.72. The Balaban J connectivity index is 0.00000128. The fourth-order valence-corrected chi connectivity index (χ4v) is 3.00. The van der Waals surface area contributed by atoms with E-state index >= 15 is 0 Å². The maximum absolute atomic E-state index is 5.88. The number of nitrogens with one attached hydrogen (secondary N) is 2. The highest BCUT2D eigenvalue weighted by atomic mass is 35.5. The van der Waals surface area contributed by atoms with Gasteiger partial charge in [-0.25, -0.2) is 0 Å². The summed E-state index contributed by atoms with van der Waals surface area (Å²) in [5.41, 5.74) is 0. The molecule has 5 heteroatoms. The number of rotatable bonds is 4. The van der Waals surface area contributed by atoms with Gasteiger partial charge in [0.05, 0.1) is 4.34 Å². The zero-order valence-electron chi connectivity index (χ0n) is 9.17. The van der Waals surface area contributed by atoms with Gasteiger partial charge in [0.1, 0.15) is 0 Å². The lowest BCUT2D eigenvalue weighted by Crippen LogP contribution is -2.43. The second-order valence-electron chi connectivity index (χ2n) is 3.95. The maximum Gasteiger partial charge on any atom is 0.0931 e. The molecule has 0 aromatic carbocycles. The Labute approximate surface area is 112 Å². The van der Waals surface area contributed by atoms with Crippen molar-refractivity contribution in [1.29, 1.82) is 0 Å². The molecule has 0 saturated carbocycles. The van der Waals surface area contributed by atoms with Crippen LogP contribution in [0.15, 0.2) is 12.1 Å². The quantitative estimate of drug-likeness (QED) is 0.886. The van der Waals surface area contributed by atoms with Crippen LogP contribution in [0.3, 0.4) is 0 Å². The number of halogens is 2. The van der Waals surface area contributed by atoms with E-state index in [4.69, 9.17) is 11.6 Å². The summed E-state index contributed by atoms with van der Waals surface area (Å²) in [7, 11) is 0. The van der Waals surface area contributed by atoms with Crippen molar-refractivity contribution < 1.29 is 0 Å². The summed E-state index contributed by atoms with van der Waals surface area (Å²) in [6.07, 6.45) is 3.69. The van der Waals surface area contributed by atoms with Crippen molar-refractivity contribution in [2.45, 2.75) is 25.3 Å². The van der Waals surface area contributed by atoms with E-state index in [2.05, 4.69) is 16.7 Å². The SMILES string of the molecule is Cl.Clc1ccc(CCNC2CCCNC2)s1. The first-order chi connectivity index (χ1) is 7.34. The molecular formula is C11H18Cl2N2S. The Kier molecular flexibility index (Phi) is 6.70. The summed E-state index contributed by atoms with van der Waals surface area (Å²) in [6, 6.07) is 4.76. The first-order valence-electron chi connectivity index (χ1n) is 5.53. The van der Waals surface area contributed by atoms with E-state index in [1.54, 1.807) is 11.3 Å². The molecule has 16 heavy (non-hydrogen) atoms. The predicted octanol–water partition coefficient (Wildman–Crippen LogP) is 2.71. The molecule has 92 valence electrons. The molecule has 1 unspecified atom stereocenters. The van der Waals surface area contributed by atoms with Crippen LogP contribution in [0.2, 0.25) is 4.34 Å². The Bertz CT molecular complexity index is 298. The van der Waals surface area contributed by atoms with Crippen molar-refractivity contribution in [2.24, 2.45) is 0 Å². The highest BCUT2D eigenvalue weighted by molar-refractivity contribution is 7.16. The fourth-order valence-electron chi connectivity index (χ4n) is 1.91. The molecule has 1 aliphatic heterocycles. The molecule has 0 spiro atoms. The third kappa shape index (κ3) is 4.60. The highest BCUT2D eigenvalue weighted by Crippen LogP contribution is 2.21. The van der Waals surface area contributed by atoms with E-state index in [1.165, 1.54) is 24.3 Å². The van der Waals surface area contributed by atoms with Crippen LogP contribution in [0.25, 0.3) is 0 Å². The van der Waals surface area contributed by atoms with Gasteiger partial charge in [-0.3, -0.25) is 0 Å². The number of hydrogen-bond acceptors (Lipinski definition) is 3. The Hall–Kier alpha value is 0.200. The molecule has 1 aliphatic rings. The van der Waals surface area contributed by atoms with Crippen molar-refractivity contribution in [3.8, 4) is 0 Å². The second-order valence-corrected chi connectivity index (χ2v) is 5.75. The van der Waals surface area contributed by atoms with Crippen molar-refractivity contribution >= 4 is 35.3 Å². The summed E-state index contributed by atoms with van der Waals surface area (Å²) in [5.74, 6) is 0. The van der Waals surface area contributed by atoms with Crippen LogP contribution in [-0.4, -0.2) is 25.7 Å². The van der Waals surface area contributed by atoms with Crippen LogP contribution < -0.4 is 10.6 Å². The smallest absolute Gasteiger partial charge is 0.0931 e. The molecule has 0 bridgehead atoms. The van der Waals surface area contributed by atoms with Gasteiger partial charge in [0.25, 0.3) is 0 Å². The highest BCUT2D eigenvalue weighted by Gasteiger charge is 2.11. The molecule has 1 atom stereocenters. The average molecular weight is 281 g/mol. The minimum Gasteiger partial charge on any atom is -0.315 e. The Morgan fingerprint density at radius 3 is 3.00 bits per heavy atom. The minimum absolute atomic E-state index is 0. The molecule has 2 N–H and O–H groups in total. The van der Waals surface area contributed by atoms with Gasteiger partial charge in [-0.2, -0.15) is 0 Å². The van der Waals surface area contributed by atoms with Crippen LogP contribution in [0.4, 0.5) is 0 Å². The molecule has 2 nitrogen and oxygen atoms in total. The molecule has 0 aliphatic carbocycles. The van der Waals surface area contributed by atoms with E-state index in [9.17, 15) is 0 Å². The van der Waals surface area contributed by atoms with Gasteiger partial charge in [-0.15, -0.1) is 23.7 Å². The van der Waals surface area contributed by atoms with Crippen LogP contribution in [0.1, 0.15) is 17.7 Å². The average Bonchev–Trinajstić information content (AvgIpc) is 2.66. The number of hydrogen-bond donors (Lipinski definition) is 2. The molecule has 0 radical (unpaired) electrons. The topological polar surface area (TPSA) is 24.1 Å². The minimum atomic E-state index is 0. The lowest BCUT2D eigenvalue weighted by molar-refractivity contribution is 0.392. The summed E-state index contributed by atoms with van der Waals surface area (Å²) in [6.45, 7) is 3.35. The summed E-state index contributed by atoms with van der Waals surface area (Å²) >= 11 is 7.56. The number of piperidine rings is 1. The van der Waals surface area contributed by atoms with Crippen molar-refractivity contribution in [1.82, 2.24) is 10.6 Å². The fraction of sp³-hybridized carbons (Fsp3) is 0.636. The summed E-state index contributed by atoms with van der Waals surface area (Å²) in [5, 5.41) is 6.99. The zero-order chi connectivity index (χ0) is 10.5. The largest absolute Gasteiger partial charge is 0.315 e. The van der Waals surface area contributed by atoms with Gasteiger partial charge in [0.2, 0.25) is 0 Å². The first kappa shape index (κ1) is 14.3. The Morgan fingerprint density at radius 2 is 2.38 bits per heavy atom. The molecular weight excluding hydrogens is 263 g/mol. The third-order valence-electron chi connectivity index (χ3n) is 2.73. The zero-order valence-corrected chi connectivity index (χ0v) is 11.6. The summed E-state index contributed by atoms with van der Waals surface area (Å²) in [4.78, 5) is 1.37. The van der Waals surface area contributed by atoms with E-state index in [0.717, 1.165) is 23.8 Å². The van der Waals surface area contributed by atoms with Gasteiger partial charge in [-0.1, -0.05) is 11.6 Å². The van der Waals surface area contributed by atoms with Crippen molar-refractivity contribution in [2.75, 3.05) is 19.6 Å². The molecule has 2 rings (SSSR count). The number of thiophene rings is 1. The van der Waals surface area contributed by atoms with Crippen LogP contribution in [0.5, 0.6) is 0 Å². The molecule has 2 heterocycles. The van der Waals surface area contributed by atoms with Crippen molar-refractivity contribution in [3.05, 3.63) is 21.3 Å². The van der Waals surface area contributed by atoms with Gasteiger partial charge < -0.3 is 10.6 Å². The van der Waals surface area contributed by atoms with E-state index in [-0.39, 0.29) is 12.4 Å². The van der Waals surface area contributed by atoms with Crippen molar-refractivity contribution in [3.63, 3.8) is 0 Å². The normalized spacial score (nSPS) is 20.4. The van der Waals surface area contributed by atoms with Gasteiger partial charge >= 0.3 is 0 Å². The molecule has 0 amide bonds. The van der Waals surface area contributed by atoms with E-state index in [1.807, 2.05) is 6.07 Å². The second kappa shape index (κ2) is 7.51. The van der Waals surface area contributed by atoms with Gasteiger partial charge in [0, 0.05) is 24.0 Å². The Morgan fingerprint density at radius 1 is 1.50 bits per heavy atom. The summed E-state index contributed by atoms with van der Waals surface area (Å²) < 4.78 is 0.893. The third-order valence-corrected chi connectivity index (χ3v) is 4.02. The van der Waals surface area contributed by atoms with Crippen LogP contribution in [-0.2, 0) is 6.42 Å². The van der Waals surface area contributed by atoms with Crippen LogP contribution >= 0.6 is 35.3 Å². The van der Waals surface area contributed by atoms with Gasteiger partial charge in [-0.05, 0) is 37.9 Å². The molecule has 1 fully saturated rings. The maximum atomic E-state index is 5.88. The predicted molar refractivity (Wildman–Crippen MR) is 74.2 cm³/mol.